The van der Waals surface area contributed by atoms with Crippen LogP contribution in [-0.4, -0.2) is 41.7 Å². The van der Waals surface area contributed by atoms with Crippen LogP contribution >= 0.6 is 0 Å². The van der Waals surface area contributed by atoms with Gasteiger partial charge in [-0.3, -0.25) is 4.79 Å². The zero-order valence-corrected chi connectivity index (χ0v) is 11.9. The van der Waals surface area contributed by atoms with Crippen molar-refractivity contribution < 1.29 is 9.53 Å². The van der Waals surface area contributed by atoms with Gasteiger partial charge in [-0.15, -0.1) is 0 Å². The van der Waals surface area contributed by atoms with Gasteiger partial charge in [0.05, 0.1) is 24.9 Å². The zero-order valence-electron chi connectivity index (χ0n) is 11.9. The molecule has 0 radical (unpaired) electrons. The fraction of sp³-hybridized carbons (Fsp3) is 0.643. The van der Waals surface area contributed by atoms with Gasteiger partial charge in [0.1, 0.15) is 5.82 Å². The van der Waals surface area contributed by atoms with Crippen molar-refractivity contribution in [1.29, 1.82) is 0 Å². The first-order valence-corrected chi connectivity index (χ1v) is 7.11. The third kappa shape index (κ3) is 5.22. The monoisotopic (exact) mass is 278 g/mol. The Morgan fingerprint density at radius 3 is 3.05 bits per heavy atom. The molecule has 1 saturated heterocycles. The average molecular weight is 278 g/mol. The van der Waals surface area contributed by atoms with Gasteiger partial charge in [-0.25, -0.2) is 9.97 Å². The van der Waals surface area contributed by atoms with E-state index in [9.17, 15) is 4.79 Å². The van der Waals surface area contributed by atoms with Crippen molar-refractivity contribution in [1.82, 2.24) is 20.6 Å². The molecule has 6 heteroatoms. The molecule has 20 heavy (non-hydrogen) atoms. The molecule has 1 fully saturated rings. The summed E-state index contributed by atoms with van der Waals surface area (Å²) in [5.41, 5.74) is 0.824. The van der Waals surface area contributed by atoms with Gasteiger partial charge < -0.3 is 15.4 Å². The second-order valence-electron chi connectivity index (χ2n) is 4.94. The first-order chi connectivity index (χ1) is 9.74. The number of rotatable bonds is 6. The fourth-order valence-corrected chi connectivity index (χ4v) is 2.16. The van der Waals surface area contributed by atoms with Gasteiger partial charge in [-0.2, -0.15) is 0 Å². The number of carbonyl (C=O) groups is 1. The van der Waals surface area contributed by atoms with Crippen LogP contribution in [-0.2, 0) is 16.1 Å². The van der Waals surface area contributed by atoms with Crippen molar-refractivity contribution in [3.05, 3.63) is 23.8 Å². The summed E-state index contributed by atoms with van der Waals surface area (Å²) in [6.45, 7) is 4.76. The molecule has 0 atom stereocenters. The minimum absolute atomic E-state index is 0.00444. The Hall–Kier alpha value is -1.53. The Balaban J connectivity index is 1.60. The number of nitrogens with zero attached hydrogens (tertiary/aromatic N) is 2. The van der Waals surface area contributed by atoms with E-state index in [0.717, 1.165) is 31.6 Å². The van der Waals surface area contributed by atoms with E-state index in [1.165, 1.54) is 0 Å². The largest absolute Gasteiger partial charge is 0.378 e. The number of amides is 1. The summed E-state index contributed by atoms with van der Waals surface area (Å²) in [5, 5.41) is 6.13. The van der Waals surface area contributed by atoms with E-state index in [0.29, 0.717) is 31.5 Å². The van der Waals surface area contributed by atoms with Crippen LogP contribution in [0.15, 0.2) is 12.3 Å². The van der Waals surface area contributed by atoms with E-state index in [-0.39, 0.29) is 5.91 Å². The normalized spacial score (nSPS) is 16.1. The highest BCUT2D eigenvalue weighted by molar-refractivity contribution is 5.75. The Morgan fingerprint density at radius 1 is 1.50 bits per heavy atom. The number of hydrogen-bond acceptors (Lipinski definition) is 5. The van der Waals surface area contributed by atoms with Crippen molar-refractivity contribution in [3.63, 3.8) is 0 Å². The Morgan fingerprint density at radius 2 is 2.30 bits per heavy atom. The number of hydrogen-bond donors (Lipinski definition) is 2. The molecule has 0 bridgehead atoms. The Labute approximate surface area is 119 Å². The van der Waals surface area contributed by atoms with Crippen molar-refractivity contribution in [2.75, 3.05) is 19.7 Å². The third-order valence-electron chi connectivity index (χ3n) is 3.27. The summed E-state index contributed by atoms with van der Waals surface area (Å²) in [5.74, 6) is 0.709. The van der Waals surface area contributed by atoms with Gasteiger partial charge >= 0.3 is 0 Å². The number of ether oxygens (including phenoxy) is 1. The second-order valence-corrected chi connectivity index (χ2v) is 4.94. The van der Waals surface area contributed by atoms with Gasteiger partial charge in [0.25, 0.3) is 0 Å². The van der Waals surface area contributed by atoms with E-state index in [1.807, 2.05) is 6.92 Å². The number of carbonyl (C=O) groups excluding carboxylic acids is 1. The summed E-state index contributed by atoms with van der Waals surface area (Å²) in [6, 6.07) is 1.80. The summed E-state index contributed by atoms with van der Waals surface area (Å²) < 4.78 is 5.70. The number of piperidine rings is 1. The highest BCUT2D eigenvalue weighted by Crippen LogP contribution is 2.07. The van der Waals surface area contributed by atoms with Crippen molar-refractivity contribution >= 4 is 5.91 Å². The van der Waals surface area contributed by atoms with E-state index in [4.69, 9.17) is 4.74 Å². The molecule has 110 valence electrons. The molecular weight excluding hydrogens is 256 g/mol. The van der Waals surface area contributed by atoms with Crippen LogP contribution in [0.2, 0.25) is 0 Å². The molecule has 1 aromatic rings. The van der Waals surface area contributed by atoms with E-state index in [1.54, 1.807) is 12.3 Å². The Bertz CT molecular complexity index is 433. The van der Waals surface area contributed by atoms with Crippen LogP contribution in [0, 0.1) is 6.92 Å². The molecule has 0 saturated carbocycles. The van der Waals surface area contributed by atoms with Gasteiger partial charge in [0, 0.05) is 12.6 Å². The first kappa shape index (κ1) is 14.9. The second kappa shape index (κ2) is 7.91. The van der Waals surface area contributed by atoms with Crippen LogP contribution in [0.1, 0.15) is 30.8 Å². The van der Waals surface area contributed by atoms with Crippen LogP contribution in [0.4, 0.5) is 0 Å². The van der Waals surface area contributed by atoms with Crippen LogP contribution < -0.4 is 10.6 Å². The molecule has 0 aliphatic carbocycles. The lowest BCUT2D eigenvalue weighted by atomic mass is 10.1. The lowest BCUT2D eigenvalue weighted by Crippen LogP contribution is -2.33. The summed E-state index contributed by atoms with van der Waals surface area (Å²) in [6.07, 6.45) is 4.45. The molecule has 2 N–H and O–H groups in total. The predicted molar refractivity (Wildman–Crippen MR) is 75.1 cm³/mol. The van der Waals surface area contributed by atoms with Crippen molar-refractivity contribution in [3.8, 4) is 0 Å². The number of aryl methyl sites for hydroxylation is 1. The van der Waals surface area contributed by atoms with Crippen molar-refractivity contribution in [2.24, 2.45) is 0 Å². The highest BCUT2D eigenvalue weighted by Gasteiger charge is 2.13. The molecule has 0 spiro atoms. The van der Waals surface area contributed by atoms with Crippen LogP contribution in [0.3, 0.4) is 0 Å². The van der Waals surface area contributed by atoms with Gasteiger partial charge in [-0.05, 0) is 38.9 Å². The third-order valence-corrected chi connectivity index (χ3v) is 3.27. The highest BCUT2D eigenvalue weighted by atomic mass is 16.5. The minimum Gasteiger partial charge on any atom is -0.378 e. The molecule has 0 unspecified atom stereocenters. The van der Waals surface area contributed by atoms with E-state index < -0.39 is 0 Å². The summed E-state index contributed by atoms with van der Waals surface area (Å²) >= 11 is 0. The zero-order chi connectivity index (χ0) is 14.2. The van der Waals surface area contributed by atoms with Crippen LogP contribution in [0.25, 0.3) is 0 Å². The molecule has 1 aliphatic heterocycles. The SMILES string of the molecule is Cc1nccc(CNC(=O)CCOC2CCNCC2)n1. The van der Waals surface area contributed by atoms with E-state index in [2.05, 4.69) is 20.6 Å². The van der Waals surface area contributed by atoms with Gasteiger partial charge in [-0.1, -0.05) is 0 Å². The number of nitrogens with one attached hydrogen (secondary N) is 2. The lowest BCUT2D eigenvalue weighted by Gasteiger charge is -2.22. The van der Waals surface area contributed by atoms with Gasteiger partial charge in [0.2, 0.25) is 5.91 Å². The molecule has 1 aromatic heterocycles. The maximum Gasteiger partial charge on any atom is 0.222 e. The first-order valence-electron chi connectivity index (χ1n) is 7.11. The molecule has 6 nitrogen and oxygen atoms in total. The molecular formula is C14H22N4O2. The summed E-state index contributed by atoms with van der Waals surface area (Å²) in [4.78, 5) is 20.0. The molecule has 2 heterocycles. The predicted octanol–water partition coefficient (Wildman–Crippen LogP) is 0.560. The maximum atomic E-state index is 11.7. The van der Waals surface area contributed by atoms with Crippen LogP contribution in [0.5, 0.6) is 0 Å². The lowest BCUT2D eigenvalue weighted by molar-refractivity contribution is -0.122. The molecule has 1 aliphatic rings. The number of aromatic nitrogens is 2. The van der Waals surface area contributed by atoms with Gasteiger partial charge in [0.15, 0.2) is 0 Å². The minimum atomic E-state index is -0.00444. The topological polar surface area (TPSA) is 76.1 Å². The molecule has 2 rings (SSSR count). The molecule has 1 amide bonds. The Kier molecular flexibility index (Phi) is 5.88. The average Bonchev–Trinajstić information content (AvgIpc) is 2.46. The standard InChI is InChI=1S/C14H22N4O2/c1-11-16-8-2-12(18-11)10-17-14(19)5-9-20-13-3-6-15-7-4-13/h2,8,13,15H,3-7,9-10H2,1H3,(H,17,19). The maximum absolute atomic E-state index is 11.7. The quantitative estimate of drug-likeness (QED) is 0.795. The van der Waals surface area contributed by atoms with Crippen molar-refractivity contribution in [2.45, 2.75) is 38.8 Å². The fourth-order valence-electron chi connectivity index (χ4n) is 2.16. The smallest absolute Gasteiger partial charge is 0.222 e. The molecule has 0 aromatic carbocycles. The van der Waals surface area contributed by atoms with E-state index >= 15 is 0 Å². The summed E-state index contributed by atoms with van der Waals surface area (Å²) in [7, 11) is 0.